The van der Waals surface area contributed by atoms with E-state index in [4.69, 9.17) is 23.7 Å². The molecule has 0 spiro atoms. The summed E-state index contributed by atoms with van der Waals surface area (Å²) in [6.45, 7) is 7.60. The first-order chi connectivity index (χ1) is 12.7. The summed E-state index contributed by atoms with van der Waals surface area (Å²) in [6.07, 6.45) is 1.03. The van der Waals surface area contributed by atoms with Crippen molar-refractivity contribution in [3.8, 4) is 0 Å². The van der Waals surface area contributed by atoms with Gasteiger partial charge in [-0.15, -0.1) is 0 Å². The van der Waals surface area contributed by atoms with E-state index in [1.54, 1.807) is 0 Å². The van der Waals surface area contributed by atoms with Gasteiger partial charge in [0.1, 0.15) is 18.3 Å². The molecule has 0 aromatic carbocycles. The molecule has 156 valence electrons. The average molecular weight is 387 g/mol. The van der Waals surface area contributed by atoms with Gasteiger partial charge in [0.25, 0.3) is 0 Å². The molecule has 4 heterocycles. The van der Waals surface area contributed by atoms with Gasteiger partial charge in [0, 0.05) is 12.1 Å². The molecule has 0 saturated carbocycles. The minimum Gasteiger partial charge on any atom is -0.395 e. The molecule has 4 aliphatic rings. The lowest BCUT2D eigenvalue weighted by molar-refractivity contribution is -0.235. The van der Waals surface area contributed by atoms with E-state index in [2.05, 4.69) is 5.32 Å². The van der Waals surface area contributed by atoms with Crippen LogP contribution in [0, 0.1) is 0 Å². The monoisotopic (exact) mass is 387 g/mol. The summed E-state index contributed by atoms with van der Waals surface area (Å²) >= 11 is 0. The first kappa shape index (κ1) is 20.0. The van der Waals surface area contributed by atoms with E-state index in [1.807, 2.05) is 27.7 Å². The third-order valence-electron chi connectivity index (χ3n) is 5.86. The molecule has 0 amide bonds. The van der Waals surface area contributed by atoms with Crippen LogP contribution in [0.2, 0.25) is 0 Å². The fourth-order valence-electron chi connectivity index (χ4n) is 4.84. The smallest absolute Gasteiger partial charge is 0.190 e. The molecule has 4 rings (SSSR count). The van der Waals surface area contributed by atoms with Gasteiger partial charge in [-0.1, -0.05) is 0 Å². The van der Waals surface area contributed by atoms with Crippen molar-refractivity contribution < 1.29 is 33.9 Å². The lowest BCUT2D eigenvalue weighted by atomic mass is 9.90. The molecule has 0 bridgehead atoms. The number of piperidine rings is 1. The van der Waals surface area contributed by atoms with E-state index in [0.29, 0.717) is 12.8 Å². The molecule has 27 heavy (non-hydrogen) atoms. The molecule has 8 atom stereocenters. The van der Waals surface area contributed by atoms with Crippen molar-refractivity contribution in [3.05, 3.63) is 0 Å². The van der Waals surface area contributed by atoms with Crippen molar-refractivity contribution in [2.75, 3.05) is 6.61 Å². The number of aliphatic hydroxyl groups is 2. The van der Waals surface area contributed by atoms with Crippen LogP contribution < -0.4 is 5.32 Å². The predicted octanol–water partition coefficient (Wildman–Crippen LogP) is 0.637. The number of aliphatic hydroxyl groups excluding tert-OH is 2. The van der Waals surface area contributed by atoms with Crippen LogP contribution >= 0.6 is 0 Å². The summed E-state index contributed by atoms with van der Waals surface area (Å²) in [4.78, 5) is 0. The van der Waals surface area contributed by atoms with E-state index >= 15 is 0 Å². The Hall–Kier alpha value is -0.320. The molecule has 0 aromatic rings. The zero-order valence-electron chi connectivity index (χ0n) is 16.6. The molecular weight excluding hydrogens is 354 g/mol. The Balaban J connectivity index is 1.43. The molecule has 8 nitrogen and oxygen atoms in total. The quantitative estimate of drug-likeness (QED) is 0.646. The van der Waals surface area contributed by atoms with Gasteiger partial charge < -0.3 is 39.2 Å². The summed E-state index contributed by atoms with van der Waals surface area (Å²) < 4.78 is 30.5. The summed E-state index contributed by atoms with van der Waals surface area (Å²) in [5, 5.41) is 22.9. The number of fused-ring (bicyclic) bond motifs is 3. The minimum absolute atomic E-state index is 0.0351. The predicted molar refractivity (Wildman–Crippen MR) is 94.8 cm³/mol. The van der Waals surface area contributed by atoms with Crippen LogP contribution in [0.3, 0.4) is 0 Å². The van der Waals surface area contributed by atoms with E-state index in [1.165, 1.54) is 0 Å². The van der Waals surface area contributed by atoms with Gasteiger partial charge in [-0.05, 0) is 53.4 Å². The summed E-state index contributed by atoms with van der Waals surface area (Å²) in [5.74, 6) is -1.41. The Morgan fingerprint density at radius 2 is 1.48 bits per heavy atom. The van der Waals surface area contributed by atoms with E-state index in [9.17, 15) is 10.2 Å². The van der Waals surface area contributed by atoms with Crippen molar-refractivity contribution in [2.24, 2.45) is 0 Å². The van der Waals surface area contributed by atoms with Crippen LogP contribution in [0.15, 0.2) is 0 Å². The Morgan fingerprint density at radius 1 is 0.852 bits per heavy atom. The highest BCUT2D eigenvalue weighted by molar-refractivity contribution is 5.00. The second-order valence-corrected chi connectivity index (χ2v) is 9.15. The van der Waals surface area contributed by atoms with Gasteiger partial charge in [0.05, 0.1) is 18.8 Å². The van der Waals surface area contributed by atoms with Crippen LogP contribution in [-0.2, 0) is 23.7 Å². The normalized spacial score (nSPS) is 48.2. The van der Waals surface area contributed by atoms with Gasteiger partial charge in [0.2, 0.25) is 0 Å². The van der Waals surface area contributed by atoms with Crippen molar-refractivity contribution in [1.29, 1.82) is 0 Å². The zero-order chi connectivity index (χ0) is 19.4. The van der Waals surface area contributed by atoms with Crippen LogP contribution in [0.4, 0.5) is 0 Å². The standard InChI is InChI=1S/C19H33NO7/c1-18(2)24-14-13(6-5-10-7-12(22)8-11(9-21)20-10)23-17-16(15(14)25-18)26-19(3,4)27-17/h10-17,20-22H,5-9H2,1-4H3/t10-,11-,12+,13-,14+,15+,16-,17-/m1/s1. The Bertz CT molecular complexity index is 542. The summed E-state index contributed by atoms with van der Waals surface area (Å²) in [5.41, 5.74) is 0. The summed E-state index contributed by atoms with van der Waals surface area (Å²) in [7, 11) is 0. The molecule has 0 aromatic heterocycles. The Labute approximate surface area is 160 Å². The van der Waals surface area contributed by atoms with Gasteiger partial charge >= 0.3 is 0 Å². The van der Waals surface area contributed by atoms with Gasteiger partial charge in [-0.3, -0.25) is 0 Å². The van der Waals surface area contributed by atoms with Crippen molar-refractivity contribution in [1.82, 2.24) is 5.32 Å². The van der Waals surface area contributed by atoms with Crippen LogP contribution in [-0.4, -0.2) is 77.3 Å². The van der Waals surface area contributed by atoms with Gasteiger partial charge in [0.15, 0.2) is 17.9 Å². The lowest BCUT2D eigenvalue weighted by Gasteiger charge is -2.39. The highest BCUT2D eigenvalue weighted by atomic mass is 16.9. The Morgan fingerprint density at radius 3 is 2.22 bits per heavy atom. The highest BCUT2D eigenvalue weighted by Crippen LogP contribution is 2.45. The van der Waals surface area contributed by atoms with Crippen molar-refractivity contribution in [3.63, 3.8) is 0 Å². The number of ether oxygens (including phenoxy) is 5. The second-order valence-electron chi connectivity index (χ2n) is 9.15. The SMILES string of the molecule is CC1(C)O[C@H]2[C@@H](O1)[C@@H](CC[C@@H]1C[C@H](O)C[C@H](CO)N1)O[C@@H]1OC(C)(C)O[C@@H]12. The largest absolute Gasteiger partial charge is 0.395 e. The lowest BCUT2D eigenvalue weighted by Crippen LogP contribution is -2.55. The highest BCUT2D eigenvalue weighted by Gasteiger charge is 2.60. The molecular formula is C19H33NO7. The molecule has 4 saturated heterocycles. The number of nitrogens with one attached hydrogen (secondary N) is 1. The van der Waals surface area contributed by atoms with Gasteiger partial charge in [-0.2, -0.15) is 0 Å². The first-order valence-electron chi connectivity index (χ1n) is 10.1. The topological polar surface area (TPSA) is 98.6 Å². The third-order valence-corrected chi connectivity index (χ3v) is 5.86. The van der Waals surface area contributed by atoms with E-state index in [-0.39, 0.29) is 49.2 Å². The molecule has 3 N–H and O–H groups in total. The number of hydrogen-bond donors (Lipinski definition) is 3. The minimum atomic E-state index is -0.714. The van der Waals surface area contributed by atoms with Crippen LogP contribution in [0.1, 0.15) is 53.4 Å². The van der Waals surface area contributed by atoms with Gasteiger partial charge in [-0.25, -0.2) is 0 Å². The van der Waals surface area contributed by atoms with E-state index in [0.717, 1.165) is 12.8 Å². The molecule has 0 radical (unpaired) electrons. The molecule has 0 unspecified atom stereocenters. The zero-order valence-corrected chi connectivity index (χ0v) is 16.6. The van der Waals surface area contributed by atoms with Crippen LogP contribution in [0.5, 0.6) is 0 Å². The van der Waals surface area contributed by atoms with Crippen molar-refractivity contribution >= 4 is 0 Å². The number of hydrogen-bond acceptors (Lipinski definition) is 8. The maximum atomic E-state index is 10.1. The molecule has 8 heteroatoms. The Kier molecular flexibility index (Phi) is 5.31. The number of rotatable bonds is 4. The maximum Gasteiger partial charge on any atom is 0.190 e. The summed E-state index contributed by atoms with van der Waals surface area (Å²) in [6, 6.07) is 0.0821. The van der Waals surface area contributed by atoms with Crippen LogP contribution in [0.25, 0.3) is 0 Å². The fourth-order valence-corrected chi connectivity index (χ4v) is 4.84. The molecule has 0 aliphatic carbocycles. The first-order valence-corrected chi connectivity index (χ1v) is 10.1. The molecule has 4 fully saturated rings. The van der Waals surface area contributed by atoms with Crippen molar-refractivity contribution in [2.45, 2.75) is 114 Å². The maximum absolute atomic E-state index is 10.1. The average Bonchev–Trinajstić information content (AvgIpc) is 3.06. The fraction of sp³-hybridized carbons (Fsp3) is 1.00. The van der Waals surface area contributed by atoms with E-state index < -0.39 is 17.9 Å². The molecule has 4 aliphatic heterocycles. The third kappa shape index (κ3) is 4.18. The second kappa shape index (κ2) is 7.18.